The summed E-state index contributed by atoms with van der Waals surface area (Å²) in [7, 11) is 4.11. The topological polar surface area (TPSA) is 49.3 Å². The number of hydrogen-bond donors (Lipinski definition) is 0. The van der Waals surface area contributed by atoms with E-state index in [1.54, 1.807) is 6.20 Å². The highest BCUT2D eigenvalue weighted by Crippen LogP contribution is 2.29. The van der Waals surface area contributed by atoms with Gasteiger partial charge in [-0.1, -0.05) is 30.3 Å². The zero-order chi connectivity index (χ0) is 17.4. The molecule has 0 saturated carbocycles. The number of fused-ring (bicyclic) bond motifs is 2. The molecule has 0 unspecified atom stereocenters. The molecule has 2 heterocycles. The second-order valence-electron chi connectivity index (χ2n) is 6.61. The SMILES string of the molecule is CN(C)[C@H]1Cc2ccccc2N(C(=O)c2cnc3ccccc3n2)C1. The van der Waals surface area contributed by atoms with E-state index < -0.39 is 0 Å². The zero-order valence-corrected chi connectivity index (χ0v) is 14.4. The van der Waals surface area contributed by atoms with Crippen molar-refractivity contribution >= 4 is 22.6 Å². The molecule has 3 aromatic rings. The molecule has 1 amide bonds. The molecule has 2 aromatic carbocycles. The van der Waals surface area contributed by atoms with E-state index in [2.05, 4.69) is 35.0 Å². The van der Waals surface area contributed by atoms with Gasteiger partial charge in [-0.2, -0.15) is 0 Å². The van der Waals surface area contributed by atoms with Crippen LogP contribution in [-0.4, -0.2) is 47.5 Å². The molecule has 0 aliphatic carbocycles. The Morgan fingerprint density at radius 2 is 1.80 bits per heavy atom. The number of rotatable bonds is 2. The number of hydrogen-bond acceptors (Lipinski definition) is 4. The number of nitrogens with zero attached hydrogens (tertiary/aromatic N) is 4. The van der Waals surface area contributed by atoms with Gasteiger partial charge in [0, 0.05) is 18.3 Å². The number of aromatic nitrogens is 2. The lowest BCUT2D eigenvalue weighted by Gasteiger charge is -2.37. The van der Waals surface area contributed by atoms with Gasteiger partial charge >= 0.3 is 0 Å². The maximum absolute atomic E-state index is 13.2. The van der Waals surface area contributed by atoms with E-state index in [1.807, 2.05) is 47.4 Å². The Bertz CT molecular complexity index is 938. The molecule has 4 rings (SSSR count). The molecule has 0 radical (unpaired) electrons. The average Bonchev–Trinajstić information content (AvgIpc) is 2.66. The number of amides is 1. The molecule has 1 aromatic heterocycles. The second-order valence-corrected chi connectivity index (χ2v) is 6.61. The first-order valence-electron chi connectivity index (χ1n) is 8.41. The first kappa shape index (κ1) is 15.7. The summed E-state index contributed by atoms with van der Waals surface area (Å²) < 4.78 is 0. The third kappa shape index (κ3) is 2.87. The predicted octanol–water partition coefficient (Wildman–Crippen LogP) is 2.76. The van der Waals surface area contributed by atoms with Crippen LogP contribution in [0.4, 0.5) is 5.69 Å². The van der Waals surface area contributed by atoms with Gasteiger partial charge in [0.25, 0.3) is 5.91 Å². The predicted molar refractivity (Wildman–Crippen MR) is 98.8 cm³/mol. The fourth-order valence-electron chi connectivity index (χ4n) is 3.31. The van der Waals surface area contributed by atoms with Crippen LogP contribution < -0.4 is 4.90 Å². The normalized spacial score (nSPS) is 16.9. The van der Waals surface area contributed by atoms with Crippen molar-refractivity contribution in [1.82, 2.24) is 14.9 Å². The van der Waals surface area contributed by atoms with Crippen molar-refractivity contribution in [3.05, 3.63) is 66.0 Å². The number of carbonyl (C=O) groups is 1. The highest BCUT2D eigenvalue weighted by atomic mass is 16.2. The van der Waals surface area contributed by atoms with Gasteiger partial charge in [-0.3, -0.25) is 9.78 Å². The number of benzene rings is 2. The summed E-state index contributed by atoms with van der Waals surface area (Å²) >= 11 is 0. The van der Waals surface area contributed by atoms with Crippen LogP contribution in [0.25, 0.3) is 11.0 Å². The Morgan fingerprint density at radius 3 is 2.60 bits per heavy atom. The lowest BCUT2D eigenvalue weighted by Crippen LogP contribution is -2.48. The summed E-state index contributed by atoms with van der Waals surface area (Å²) in [4.78, 5) is 26.1. The Labute approximate surface area is 146 Å². The average molecular weight is 332 g/mol. The maximum atomic E-state index is 13.2. The molecule has 1 aliphatic rings. The van der Waals surface area contributed by atoms with Crippen LogP contribution in [0.1, 0.15) is 16.1 Å². The second kappa shape index (κ2) is 6.26. The van der Waals surface area contributed by atoms with E-state index in [4.69, 9.17) is 0 Å². The zero-order valence-electron chi connectivity index (χ0n) is 14.4. The molecule has 1 atom stereocenters. The Hall–Kier alpha value is -2.79. The van der Waals surface area contributed by atoms with Crippen molar-refractivity contribution in [2.24, 2.45) is 0 Å². The Kier molecular flexibility index (Phi) is 3.93. The van der Waals surface area contributed by atoms with Crippen LogP contribution in [0.2, 0.25) is 0 Å². The van der Waals surface area contributed by atoms with Crippen molar-refractivity contribution in [1.29, 1.82) is 0 Å². The maximum Gasteiger partial charge on any atom is 0.278 e. The molecule has 5 nitrogen and oxygen atoms in total. The van der Waals surface area contributed by atoms with Crippen LogP contribution in [-0.2, 0) is 6.42 Å². The summed E-state index contributed by atoms with van der Waals surface area (Å²) in [5.74, 6) is -0.0998. The van der Waals surface area contributed by atoms with Crippen molar-refractivity contribution < 1.29 is 4.79 Å². The quantitative estimate of drug-likeness (QED) is 0.724. The van der Waals surface area contributed by atoms with Crippen molar-refractivity contribution in [2.75, 3.05) is 25.5 Å². The largest absolute Gasteiger partial charge is 0.305 e. The highest BCUT2D eigenvalue weighted by Gasteiger charge is 2.30. The van der Waals surface area contributed by atoms with Crippen LogP contribution >= 0.6 is 0 Å². The van der Waals surface area contributed by atoms with Crippen LogP contribution in [0, 0.1) is 0 Å². The van der Waals surface area contributed by atoms with Crippen LogP contribution in [0.3, 0.4) is 0 Å². The van der Waals surface area contributed by atoms with Gasteiger partial charge in [-0.15, -0.1) is 0 Å². The fourth-order valence-corrected chi connectivity index (χ4v) is 3.31. The fraction of sp³-hybridized carbons (Fsp3) is 0.250. The molecular weight excluding hydrogens is 312 g/mol. The molecule has 0 spiro atoms. The smallest absolute Gasteiger partial charge is 0.278 e. The first-order valence-corrected chi connectivity index (χ1v) is 8.41. The standard InChI is InChI=1S/C20H20N4O/c1-23(2)15-11-14-7-3-6-10-19(14)24(13-15)20(25)18-12-21-16-8-4-5-9-17(16)22-18/h3-10,12,15H,11,13H2,1-2H3/t15-/m0/s1. The van der Waals surface area contributed by atoms with Gasteiger partial charge in [0.2, 0.25) is 0 Å². The lowest BCUT2D eigenvalue weighted by molar-refractivity contribution is 0.0971. The number of para-hydroxylation sites is 3. The molecular formula is C20H20N4O. The third-order valence-electron chi connectivity index (χ3n) is 4.77. The summed E-state index contributed by atoms with van der Waals surface area (Å²) in [5, 5.41) is 0. The molecule has 0 saturated heterocycles. The Morgan fingerprint density at radius 1 is 1.08 bits per heavy atom. The number of carbonyl (C=O) groups excluding carboxylic acids is 1. The van der Waals surface area contributed by atoms with E-state index in [1.165, 1.54) is 5.56 Å². The molecule has 25 heavy (non-hydrogen) atoms. The summed E-state index contributed by atoms with van der Waals surface area (Å²) in [6, 6.07) is 16.0. The lowest BCUT2D eigenvalue weighted by atomic mass is 9.97. The molecule has 0 N–H and O–H groups in total. The molecule has 0 bridgehead atoms. The van der Waals surface area contributed by atoms with Crippen LogP contribution in [0.5, 0.6) is 0 Å². The van der Waals surface area contributed by atoms with E-state index >= 15 is 0 Å². The highest BCUT2D eigenvalue weighted by molar-refractivity contribution is 6.06. The minimum atomic E-state index is -0.0998. The monoisotopic (exact) mass is 332 g/mol. The summed E-state index contributed by atoms with van der Waals surface area (Å²) in [6.45, 7) is 0.650. The first-order chi connectivity index (χ1) is 12.1. The van der Waals surface area contributed by atoms with Gasteiger partial charge in [-0.25, -0.2) is 4.98 Å². The van der Waals surface area contributed by atoms with Crippen molar-refractivity contribution in [2.45, 2.75) is 12.5 Å². The van der Waals surface area contributed by atoms with E-state index in [9.17, 15) is 4.79 Å². The minimum Gasteiger partial charge on any atom is -0.305 e. The summed E-state index contributed by atoms with van der Waals surface area (Å²) in [5.41, 5.74) is 4.08. The molecule has 0 fully saturated rings. The molecule has 126 valence electrons. The van der Waals surface area contributed by atoms with Gasteiger partial charge in [0.1, 0.15) is 5.69 Å². The third-order valence-corrected chi connectivity index (χ3v) is 4.77. The number of likely N-dealkylation sites (N-methyl/N-ethyl adjacent to an activating group) is 1. The Balaban J connectivity index is 1.74. The van der Waals surface area contributed by atoms with Crippen LogP contribution in [0.15, 0.2) is 54.7 Å². The van der Waals surface area contributed by atoms with Gasteiger partial charge < -0.3 is 9.80 Å². The van der Waals surface area contributed by atoms with E-state index in [-0.39, 0.29) is 11.9 Å². The van der Waals surface area contributed by atoms with Gasteiger partial charge in [0.15, 0.2) is 0 Å². The molecule has 1 aliphatic heterocycles. The van der Waals surface area contributed by atoms with E-state index in [0.717, 1.165) is 23.1 Å². The van der Waals surface area contributed by atoms with Gasteiger partial charge in [0.05, 0.1) is 17.2 Å². The number of anilines is 1. The summed E-state index contributed by atoms with van der Waals surface area (Å²) in [6.07, 6.45) is 2.52. The van der Waals surface area contributed by atoms with Crippen molar-refractivity contribution in [3.63, 3.8) is 0 Å². The van der Waals surface area contributed by atoms with Gasteiger partial charge in [-0.05, 0) is 44.3 Å². The minimum absolute atomic E-state index is 0.0998. The van der Waals surface area contributed by atoms with E-state index in [0.29, 0.717) is 12.2 Å². The van der Waals surface area contributed by atoms with Crippen molar-refractivity contribution in [3.8, 4) is 0 Å². The molecule has 5 heteroatoms.